The van der Waals surface area contributed by atoms with Crippen molar-refractivity contribution in [1.29, 1.82) is 0 Å². The molecule has 0 aromatic heterocycles. The van der Waals surface area contributed by atoms with Crippen molar-refractivity contribution in [2.45, 2.75) is 6.42 Å². The number of halogens is 1. The summed E-state index contributed by atoms with van der Waals surface area (Å²) in [5.41, 5.74) is 5.25. The Bertz CT molecular complexity index is 281. The van der Waals surface area contributed by atoms with Gasteiger partial charge in [-0.3, -0.25) is 0 Å². The average Bonchev–Trinajstić information content (AvgIpc) is 2.23. The summed E-state index contributed by atoms with van der Waals surface area (Å²) in [4.78, 5) is 0. The summed E-state index contributed by atoms with van der Waals surface area (Å²) in [6.45, 7) is 2.24. The first-order chi connectivity index (χ1) is 7.33. The fourth-order valence-corrected chi connectivity index (χ4v) is 1.09. The third kappa shape index (κ3) is 5.34. The lowest BCUT2D eigenvalue weighted by Gasteiger charge is -2.06. The second-order valence-electron chi connectivity index (χ2n) is 3.06. The Morgan fingerprint density at radius 2 is 2.07 bits per heavy atom. The molecule has 0 atom stereocenters. The van der Waals surface area contributed by atoms with Gasteiger partial charge in [0, 0.05) is 25.6 Å². The maximum absolute atomic E-state index is 12.7. The summed E-state index contributed by atoms with van der Waals surface area (Å²) in [6.07, 6.45) is 0.774. The van der Waals surface area contributed by atoms with Crippen LogP contribution in [0, 0.1) is 5.82 Å². The van der Waals surface area contributed by atoms with Crippen molar-refractivity contribution < 1.29 is 13.9 Å². The lowest BCUT2D eigenvalue weighted by atomic mass is 10.3. The summed E-state index contributed by atoms with van der Waals surface area (Å²) < 4.78 is 23.2. The molecule has 0 amide bonds. The van der Waals surface area contributed by atoms with Crippen LogP contribution in [-0.2, 0) is 4.74 Å². The smallest absolute Gasteiger partial charge is 0.126 e. The van der Waals surface area contributed by atoms with Crippen LogP contribution < -0.4 is 10.5 Å². The molecule has 3 nitrogen and oxygen atoms in total. The van der Waals surface area contributed by atoms with Gasteiger partial charge in [-0.25, -0.2) is 4.39 Å². The Kier molecular flexibility index (Phi) is 5.73. The second kappa shape index (κ2) is 7.20. The van der Waals surface area contributed by atoms with Crippen LogP contribution >= 0.6 is 0 Å². The minimum atomic E-state index is -0.285. The molecule has 2 N–H and O–H groups in total. The van der Waals surface area contributed by atoms with Crippen molar-refractivity contribution >= 4 is 0 Å². The van der Waals surface area contributed by atoms with Crippen LogP contribution in [0.5, 0.6) is 5.75 Å². The standard InChI is InChI=1S/C11H16FNO2/c12-10-3-1-4-11(9-10)15-7-2-6-14-8-5-13/h1,3-4,9H,2,5-8,13H2. The summed E-state index contributed by atoms with van der Waals surface area (Å²) in [5.74, 6) is 0.265. The van der Waals surface area contributed by atoms with E-state index >= 15 is 0 Å². The first-order valence-corrected chi connectivity index (χ1v) is 4.99. The van der Waals surface area contributed by atoms with E-state index in [0.717, 1.165) is 6.42 Å². The predicted molar refractivity (Wildman–Crippen MR) is 56.4 cm³/mol. The monoisotopic (exact) mass is 213 g/mol. The van der Waals surface area contributed by atoms with Gasteiger partial charge in [-0.2, -0.15) is 0 Å². The molecule has 0 aliphatic rings. The van der Waals surface area contributed by atoms with E-state index in [-0.39, 0.29) is 5.82 Å². The molecule has 1 rings (SSSR count). The largest absolute Gasteiger partial charge is 0.493 e. The number of benzene rings is 1. The Morgan fingerprint density at radius 1 is 1.20 bits per heavy atom. The molecule has 0 radical (unpaired) electrons. The van der Waals surface area contributed by atoms with E-state index in [2.05, 4.69) is 0 Å². The van der Waals surface area contributed by atoms with Gasteiger partial charge in [-0.1, -0.05) is 6.07 Å². The summed E-state index contributed by atoms with van der Waals surface area (Å²) in [7, 11) is 0. The molecule has 0 unspecified atom stereocenters. The topological polar surface area (TPSA) is 44.5 Å². The number of nitrogens with two attached hydrogens (primary N) is 1. The third-order valence-electron chi connectivity index (χ3n) is 1.76. The van der Waals surface area contributed by atoms with Crippen LogP contribution in [0.1, 0.15) is 6.42 Å². The minimum absolute atomic E-state index is 0.285. The van der Waals surface area contributed by atoms with E-state index in [1.165, 1.54) is 12.1 Å². The highest BCUT2D eigenvalue weighted by Crippen LogP contribution is 2.11. The van der Waals surface area contributed by atoms with E-state index < -0.39 is 0 Å². The van der Waals surface area contributed by atoms with Gasteiger partial charge >= 0.3 is 0 Å². The van der Waals surface area contributed by atoms with Crippen molar-refractivity contribution in [3.05, 3.63) is 30.1 Å². The van der Waals surface area contributed by atoms with E-state index in [1.54, 1.807) is 12.1 Å². The Labute approximate surface area is 89.0 Å². The van der Waals surface area contributed by atoms with Crippen LogP contribution in [-0.4, -0.2) is 26.4 Å². The van der Waals surface area contributed by atoms with Gasteiger partial charge in [0.2, 0.25) is 0 Å². The lowest BCUT2D eigenvalue weighted by Crippen LogP contribution is -2.10. The highest BCUT2D eigenvalue weighted by Gasteiger charge is 1.95. The predicted octanol–water partition coefficient (Wildman–Crippen LogP) is 1.57. The highest BCUT2D eigenvalue weighted by atomic mass is 19.1. The van der Waals surface area contributed by atoms with Gasteiger partial charge in [-0.05, 0) is 12.1 Å². The van der Waals surface area contributed by atoms with E-state index in [0.29, 0.717) is 32.1 Å². The Hall–Kier alpha value is -1.13. The van der Waals surface area contributed by atoms with Crippen LogP contribution in [0.25, 0.3) is 0 Å². The maximum Gasteiger partial charge on any atom is 0.126 e. The van der Waals surface area contributed by atoms with Crippen LogP contribution in [0.3, 0.4) is 0 Å². The summed E-state index contributed by atoms with van der Waals surface area (Å²) in [5, 5.41) is 0. The molecule has 0 saturated heterocycles. The van der Waals surface area contributed by atoms with Crippen LogP contribution in [0.15, 0.2) is 24.3 Å². The van der Waals surface area contributed by atoms with Crippen molar-refractivity contribution in [3.8, 4) is 5.75 Å². The van der Waals surface area contributed by atoms with Gasteiger partial charge in [0.1, 0.15) is 11.6 Å². The first kappa shape index (κ1) is 11.9. The number of ether oxygens (including phenoxy) is 2. The zero-order chi connectivity index (χ0) is 10.9. The third-order valence-corrected chi connectivity index (χ3v) is 1.76. The van der Waals surface area contributed by atoms with Gasteiger partial charge in [0.25, 0.3) is 0 Å². The van der Waals surface area contributed by atoms with Gasteiger partial charge in [0.15, 0.2) is 0 Å². The number of hydrogen-bond donors (Lipinski definition) is 1. The number of hydrogen-bond acceptors (Lipinski definition) is 3. The maximum atomic E-state index is 12.7. The molecule has 84 valence electrons. The molecule has 1 aromatic rings. The Morgan fingerprint density at radius 3 is 2.80 bits per heavy atom. The van der Waals surface area contributed by atoms with Gasteiger partial charge in [-0.15, -0.1) is 0 Å². The fourth-order valence-electron chi connectivity index (χ4n) is 1.09. The van der Waals surface area contributed by atoms with Crippen molar-refractivity contribution in [1.82, 2.24) is 0 Å². The van der Waals surface area contributed by atoms with Crippen molar-refractivity contribution in [2.75, 3.05) is 26.4 Å². The molecule has 0 aliphatic carbocycles. The zero-order valence-electron chi connectivity index (χ0n) is 8.62. The summed E-state index contributed by atoms with van der Waals surface area (Å²) >= 11 is 0. The minimum Gasteiger partial charge on any atom is -0.493 e. The SMILES string of the molecule is NCCOCCCOc1cccc(F)c1. The van der Waals surface area contributed by atoms with Crippen molar-refractivity contribution in [3.63, 3.8) is 0 Å². The molecule has 0 saturated carbocycles. The normalized spacial score (nSPS) is 10.3. The van der Waals surface area contributed by atoms with E-state index in [4.69, 9.17) is 15.2 Å². The summed E-state index contributed by atoms with van der Waals surface area (Å²) in [6, 6.07) is 6.09. The molecule has 0 fully saturated rings. The zero-order valence-corrected chi connectivity index (χ0v) is 8.62. The highest BCUT2D eigenvalue weighted by molar-refractivity contribution is 5.22. The average molecular weight is 213 g/mol. The molecule has 4 heteroatoms. The van der Waals surface area contributed by atoms with E-state index in [9.17, 15) is 4.39 Å². The Balaban J connectivity index is 2.10. The van der Waals surface area contributed by atoms with E-state index in [1.807, 2.05) is 0 Å². The fraction of sp³-hybridized carbons (Fsp3) is 0.455. The second-order valence-corrected chi connectivity index (χ2v) is 3.06. The molecule has 1 aromatic carbocycles. The molecule has 15 heavy (non-hydrogen) atoms. The molecule has 0 heterocycles. The molecular weight excluding hydrogens is 197 g/mol. The lowest BCUT2D eigenvalue weighted by molar-refractivity contribution is 0.125. The first-order valence-electron chi connectivity index (χ1n) is 4.99. The quantitative estimate of drug-likeness (QED) is 0.699. The molecule has 0 aliphatic heterocycles. The van der Waals surface area contributed by atoms with Gasteiger partial charge < -0.3 is 15.2 Å². The number of rotatable bonds is 7. The van der Waals surface area contributed by atoms with Gasteiger partial charge in [0.05, 0.1) is 13.2 Å². The molecular formula is C11H16FNO2. The molecule has 0 bridgehead atoms. The van der Waals surface area contributed by atoms with Crippen LogP contribution in [0.4, 0.5) is 4.39 Å². The van der Waals surface area contributed by atoms with Crippen LogP contribution in [0.2, 0.25) is 0 Å². The molecule has 0 spiro atoms. The van der Waals surface area contributed by atoms with Crippen molar-refractivity contribution in [2.24, 2.45) is 5.73 Å².